The van der Waals surface area contributed by atoms with Crippen molar-refractivity contribution in [3.8, 4) is 0 Å². The first-order chi connectivity index (χ1) is 7.83. The van der Waals surface area contributed by atoms with Gasteiger partial charge in [0, 0.05) is 6.20 Å². The number of ether oxygens (including phenoxy) is 1. The largest absolute Gasteiger partial charge is 0.444 e. The molecule has 17 heavy (non-hydrogen) atoms. The van der Waals surface area contributed by atoms with Gasteiger partial charge >= 0.3 is 6.09 Å². The summed E-state index contributed by atoms with van der Waals surface area (Å²) in [6, 6.07) is 1.65. The minimum absolute atomic E-state index is 0.487. The molecule has 3 N–H and O–H groups in total. The number of hydrogen-bond acceptors (Lipinski definition) is 4. The van der Waals surface area contributed by atoms with Gasteiger partial charge in [-0.05, 0) is 33.3 Å². The number of rotatable bonds is 2. The first-order valence-corrected chi connectivity index (χ1v) is 5.57. The van der Waals surface area contributed by atoms with Gasteiger partial charge in [-0.15, -0.1) is 0 Å². The number of hydrogen-bond donors (Lipinski definition) is 2. The van der Waals surface area contributed by atoms with Gasteiger partial charge in [0.15, 0.2) is 0 Å². The van der Waals surface area contributed by atoms with Crippen LogP contribution < -0.4 is 11.1 Å². The van der Waals surface area contributed by atoms with Gasteiger partial charge in [0.1, 0.15) is 5.60 Å². The molecule has 0 saturated carbocycles. The summed E-state index contributed by atoms with van der Waals surface area (Å²) < 4.78 is 5.14. The van der Waals surface area contributed by atoms with Crippen molar-refractivity contribution < 1.29 is 9.53 Å². The van der Waals surface area contributed by atoms with E-state index >= 15 is 0 Å². The van der Waals surface area contributed by atoms with Crippen LogP contribution in [-0.4, -0.2) is 16.7 Å². The second kappa shape index (κ2) is 5.03. The van der Waals surface area contributed by atoms with E-state index in [1.165, 1.54) is 0 Å². The Kier molecular flexibility index (Phi) is 3.93. The molecule has 94 valence electrons. The molecule has 0 radical (unpaired) electrons. The lowest BCUT2D eigenvalue weighted by Crippen LogP contribution is -2.27. The van der Waals surface area contributed by atoms with Crippen molar-refractivity contribution in [1.29, 1.82) is 0 Å². The summed E-state index contributed by atoms with van der Waals surface area (Å²) in [4.78, 5) is 15.7. The zero-order chi connectivity index (χ0) is 13.1. The number of pyridine rings is 1. The Hall–Kier alpha value is -1.78. The highest BCUT2D eigenvalue weighted by Gasteiger charge is 2.17. The lowest BCUT2D eigenvalue weighted by molar-refractivity contribution is 0.0636. The summed E-state index contributed by atoms with van der Waals surface area (Å²) in [5.74, 6) is 0. The molecule has 0 aromatic carbocycles. The monoisotopic (exact) mass is 237 g/mol. The number of amides is 1. The van der Waals surface area contributed by atoms with Gasteiger partial charge in [0.25, 0.3) is 0 Å². The molecule has 0 saturated heterocycles. The Morgan fingerprint density at radius 3 is 2.71 bits per heavy atom. The Morgan fingerprint density at radius 1 is 1.53 bits per heavy atom. The third-order valence-electron chi connectivity index (χ3n) is 2.04. The Bertz CT molecular complexity index is 411. The lowest BCUT2D eigenvalue weighted by Gasteiger charge is -2.20. The molecule has 1 aromatic heterocycles. The number of carbonyl (C=O) groups is 1. The van der Waals surface area contributed by atoms with E-state index in [0.29, 0.717) is 11.4 Å². The molecule has 0 atom stereocenters. The van der Waals surface area contributed by atoms with E-state index in [-0.39, 0.29) is 0 Å². The molecule has 5 heteroatoms. The first-order valence-electron chi connectivity index (χ1n) is 5.57. The molecule has 0 bridgehead atoms. The zero-order valence-corrected chi connectivity index (χ0v) is 10.7. The van der Waals surface area contributed by atoms with Gasteiger partial charge in [0.2, 0.25) is 0 Å². The van der Waals surface area contributed by atoms with Crippen molar-refractivity contribution in [1.82, 2.24) is 4.98 Å². The standard InChI is InChI=1S/C12H19N3O2/c1-5-8-10(13)9(6-7-14-8)15-11(16)17-12(2,3)4/h6-7H,5,13H2,1-4H3,(H,14,15,16). The van der Waals surface area contributed by atoms with Crippen LogP contribution in [0.2, 0.25) is 0 Å². The quantitative estimate of drug-likeness (QED) is 0.828. The molecule has 0 unspecified atom stereocenters. The number of nitrogen functional groups attached to an aromatic ring is 1. The van der Waals surface area contributed by atoms with Gasteiger partial charge in [0.05, 0.1) is 17.1 Å². The van der Waals surface area contributed by atoms with Crippen LogP contribution >= 0.6 is 0 Å². The molecule has 1 heterocycles. The number of carbonyl (C=O) groups excluding carboxylic acids is 1. The van der Waals surface area contributed by atoms with E-state index in [2.05, 4.69) is 10.3 Å². The number of nitrogens with zero attached hydrogens (tertiary/aromatic N) is 1. The van der Waals surface area contributed by atoms with Gasteiger partial charge < -0.3 is 10.5 Å². The second-order valence-corrected chi connectivity index (χ2v) is 4.70. The Morgan fingerprint density at radius 2 is 2.18 bits per heavy atom. The molecule has 0 spiro atoms. The molecular weight excluding hydrogens is 218 g/mol. The van der Waals surface area contributed by atoms with E-state index in [9.17, 15) is 4.79 Å². The number of aromatic nitrogens is 1. The number of aryl methyl sites for hydroxylation is 1. The van der Waals surface area contributed by atoms with Crippen molar-refractivity contribution in [3.63, 3.8) is 0 Å². The van der Waals surface area contributed by atoms with Crippen LogP contribution in [0, 0.1) is 0 Å². The third-order valence-corrected chi connectivity index (χ3v) is 2.04. The highest BCUT2D eigenvalue weighted by molar-refractivity contribution is 5.89. The van der Waals surface area contributed by atoms with Crippen LogP contribution in [0.15, 0.2) is 12.3 Å². The molecule has 1 amide bonds. The number of anilines is 2. The summed E-state index contributed by atoms with van der Waals surface area (Å²) in [5, 5.41) is 2.62. The summed E-state index contributed by atoms with van der Waals surface area (Å²) in [6.45, 7) is 7.37. The maximum atomic E-state index is 11.6. The maximum absolute atomic E-state index is 11.6. The van der Waals surface area contributed by atoms with Crippen molar-refractivity contribution in [2.45, 2.75) is 39.7 Å². The molecular formula is C12H19N3O2. The van der Waals surface area contributed by atoms with Crippen molar-refractivity contribution in [2.24, 2.45) is 0 Å². The van der Waals surface area contributed by atoms with Crippen LogP contribution in [-0.2, 0) is 11.2 Å². The van der Waals surface area contributed by atoms with Crippen LogP contribution in [0.4, 0.5) is 16.2 Å². The van der Waals surface area contributed by atoms with Crippen molar-refractivity contribution in [3.05, 3.63) is 18.0 Å². The highest BCUT2D eigenvalue weighted by atomic mass is 16.6. The predicted molar refractivity (Wildman–Crippen MR) is 67.9 cm³/mol. The van der Waals surface area contributed by atoms with Crippen molar-refractivity contribution in [2.75, 3.05) is 11.1 Å². The van der Waals surface area contributed by atoms with E-state index in [1.54, 1.807) is 33.0 Å². The third kappa shape index (κ3) is 3.94. The van der Waals surface area contributed by atoms with E-state index in [1.807, 2.05) is 6.92 Å². The van der Waals surface area contributed by atoms with Crippen LogP contribution in [0.1, 0.15) is 33.4 Å². The van der Waals surface area contributed by atoms with Crippen molar-refractivity contribution >= 4 is 17.5 Å². The van der Waals surface area contributed by atoms with E-state index in [4.69, 9.17) is 10.5 Å². The van der Waals surface area contributed by atoms with Crippen LogP contribution in [0.25, 0.3) is 0 Å². The average molecular weight is 237 g/mol. The summed E-state index contributed by atoms with van der Waals surface area (Å²) >= 11 is 0. The smallest absolute Gasteiger partial charge is 0.412 e. The molecule has 0 fully saturated rings. The molecule has 0 aliphatic carbocycles. The Labute approximate surface area is 101 Å². The number of nitrogens with one attached hydrogen (secondary N) is 1. The Balaban J connectivity index is 2.79. The zero-order valence-electron chi connectivity index (χ0n) is 10.7. The highest BCUT2D eigenvalue weighted by Crippen LogP contribution is 2.21. The van der Waals surface area contributed by atoms with Gasteiger partial charge in [-0.3, -0.25) is 10.3 Å². The van der Waals surface area contributed by atoms with Crippen LogP contribution in [0.5, 0.6) is 0 Å². The molecule has 0 aliphatic heterocycles. The maximum Gasteiger partial charge on any atom is 0.412 e. The fraction of sp³-hybridized carbons (Fsp3) is 0.500. The van der Waals surface area contributed by atoms with Gasteiger partial charge in [-0.2, -0.15) is 0 Å². The molecule has 1 rings (SSSR count). The lowest BCUT2D eigenvalue weighted by atomic mass is 10.2. The first kappa shape index (κ1) is 13.3. The second-order valence-electron chi connectivity index (χ2n) is 4.70. The normalized spacial score (nSPS) is 11.1. The fourth-order valence-corrected chi connectivity index (χ4v) is 1.32. The molecule has 5 nitrogen and oxygen atoms in total. The van der Waals surface area contributed by atoms with Gasteiger partial charge in [-0.25, -0.2) is 4.79 Å². The minimum atomic E-state index is -0.528. The molecule has 1 aromatic rings. The van der Waals surface area contributed by atoms with E-state index < -0.39 is 11.7 Å². The summed E-state index contributed by atoms with van der Waals surface area (Å²) in [7, 11) is 0. The van der Waals surface area contributed by atoms with Gasteiger partial charge in [-0.1, -0.05) is 6.92 Å². The fourth-order valence-electron chi connectivity index (χ4n) is 1.32. The van der Waals surface area contributed by atoms with E-state index in [0.717, 1.165) is 12.1 Å². The predicted octanol–water partition coefficient (Wildman–Crippen LogP) is 2.57. The van der Waals surface area contributed by atoms with Crippen LogP contribution in [0.3, 0.4) is 0 Å². The average Bonchev–Trinajstić information content (AvgIpc) is 2.18. The number of nitrogens with two attached hydrogens (primary N) is 1. The SMILES string of the molecule is CCc1nccc(NC(=O)OC(C)(C)C)c1N. The molecule has 0 aliphatic rings. The summed E-state index contributed by atoms with van der Waals surface area (Å²) in [5.41, 5.74) is 7.13. The summed E-state index contributed by atoms with van der Waals surface area (Å²) in [6.07, 6.45) is 1.81. The topological polar surface area (TPSA) is 77.2 Å². The minimum Gasteiger partial charge on any atom is -0.444 e.